The van der Waals surface area contributed by atoms with E-state index in [0.717, 1.165) is 35.5 Å². The lowest BCUT2D eigenvalue weighted by molar-refractivity contribution is 0.283. The maximum absolute atomic E-state index is 2.26. The third-order valence-electron chi connectivity index (χ3n) is 6.43. The van der Waals surface area contributed by atoms with Gasteiger partial charge in [0.1, 0.15) is 0 Å². The highest BCUT2D eigenvalue weighted by atomic mass is 14.2. The SMILES string of the molecule is CC(C)C(C)(C)C.CC(C)C(C)(C)C.CC(C)C(C)C.CCC(C)C.CCC(C)C. The normalized spacial score (nSPS) is 11.4. The van der Waals surface area contributed by atoms with Crippen LogP contribution in [0.25, 0.3) is 0 Å². The number of rotatable bonds is 3. The van der Waals surface area contributed by atoms with E-state index in [1.165, 1.54) is 12.8 Å². The van der Waals surface area contributed by atoms with Crippen molar-refractivity contribution in [1.29, 1.82) is 0 Å². The molecular formula is C30H70. The zero-order chi connectivity index (χ0) is 25.9. The molecule has 0 atom stereocenters. The first-order valence-electron chi connectivity index (χ1n) is 13.1. The molecule has 0 N–H and O–H groups in total. The van der Waals surface area contributed by atoms with Gasteiger partial charge in [-0.25, -0.2) is 0 Å². The molecule has 0 radical (unpaired) electrons. The van der Waals surface area contributed by atoms with Crippen molar-refractivity contribution >= 4 is 0 Å². The fourth-order valence-corrected chi connectivity index (χ4v) is 0. The molecule has 0 rings (SSSR count). The van der Waals surface area contributed by atoms with E-state index in [9.17, 15) is 0 Å². The fourth-order valence-electron chi connectivity index (χ4n) is 0. The van der Waals surface area contributed by atoms with Gasteiger partial charge in [0.05, 0.1) is 0 Å². The molecule has 0 spiro atoms. The molecule has 0 fully saturated rings. The van der Waals surface area contributed by atoms with Crippen molar-refractivity contribution in [3.05, 3.63) is 0 Å². The van der Waals surface area contributed by atoms with E-state index in [1.54, 1.807) is 0 Å². The molecule has 0 heteroatoms. The molecule has 0 aliphatic rings. The van der Waals surface area contributed by atoms with Crippen LogP contribution in [-0.2, 0) is 0 Å². The molecule has 0 aliphatic carbocycles. The van der Waals surface area contributed by atoms with Crippen LogP contribution in [0.2, 0.25) is 0 Å². The van der Waals surface area contributed by atoms with Crippen molar-refractivity contribution in [2.24, 2.45) is 46.3 Å². The molecule has 0 saturated carbocycles. The molecule has 190 valence electrons. The molecule has 0 unspecified atom stereocenters. The van der Waals surface area contributed by atoms with E-state index in [0.29, 0.717) is 10.8 Å². The van der Waals surface area contributed by atoms with Crippen LogP contribution in [0.1, 0.15) is 151 Å². The smallest absolute Gasteiger partial charge is 0.0360 e. The average Bonchev–Trinajstić information content (AvgIpc) is 2.55. The zero-order valence-corrected chi connectivity index (χ0v) is 25.9. The van der Waals surface area contributed by atoms with Crippen LogP contribution >= 0.6 is 0 Å². The van der Waals surface area contributed by atoms with Crippen LogP contribution < -0.4 is 0 Å². The summed E-state index contributed by atoms with van der Waals surface area (Å²) in [6.07, 6.45) is 2.61. The maximum atomic E-state index is 2.26. The van der Waals surface area contributed by atoms with Crippen LogP contribution in [0.4, 0.5) is 0 Å². The summed E-state index contributed by atoms with van der Waals surface area (Å²) in [5, 5.41) is 0. The summed E-state index contributed by atoms with van der Waals surface area (Å²) in [7, 11) is 0. The minimum atomic E-state index is 0.500. The van der Waals surface area contributed by atoms with Gasteiger partial charge in [0.15, 0.2) is 0 Å². The molecule has 0 aromatic carbocycles. The van der Waals surface area contributed by atoms with Crippen molar-refractivity contribution in [2.45, 2.75) is 151 Å². The van der Waals surface area contributed by atoms with Gasteiger partial charge < -0.3 is 0 Å². The predicted octanol–water partition coefficient (Wildman–Crippen LogP) is 11.8. The lowest BCUT2D eigenvalue weighted by Crippen LogP contribution is -2.12. The Morgan fingerprint density at radius 3 is 0.500 bits per heavy atom. The Morgan fingerprint density at radius 1 is 0.400 bits per heavy atom. The van der Waals surface area contributed by atoms with Gasteiger partial charge in [-0.15, -0.1) is 0 Å². The topological polar surface area (TPSA) is 0 Å². The zero-order valence-electron chi connectivity index (χ0n) is 25.9. The highest BCUT2D eigenvalue weighted by molar-refractivity contribution is 4.64. The Bertz CT molecular complexity index is 257. The summed E-state index contributed by atoms with van der Waals surface area (Å²) in [5.74, 6) is 5.07. The van der Waals surface area contributed by atoms with Gasteiger partial charge >= 0.3 is 0 Å². The second-order valence-corrected chi connectivity index (χ2v) is 13.1. The fraction of sp³-hybridized carbons (Fsp3) is 1.00. The summed E-state index contributed by atoms with van der Waals surface area (Å²) in [5.41, 5.74) is 1.00. The first-order valence-corrected chi connectivity index (χ1v) is 13.1. The largest absolute Gasteiger partial charge is 0.0651 e. The molecule has 0 heterocycles. The van der Waals surface area contributed by atoms with Gasteiger partial charge in [-0.1, -0.05) is 151 Å². The van der Waals surface area contributed by atoms with Gasteiger partial charge in [-0.2, -0.15) is 0 Å². The molecule has 0 nitrogen and oxygen atoms in total. The Hall–Kier alpha value is 0. The van der Waals surface area contributed by atoms with Crippen molar-refractivity contribution in [3.63, 3.8) is 0 Å². The van der Waals surface area contributed by atoms with Crippen LogP contribution in [-0.4, -0.2) is 0 Å². The Kier molecular flexibility index (Phi) is 29.9. The van der Waals surface area contributed by atoms with Gasteiger partial charge in [-0.3, -0.25) is 0 Å². The maximum Gasteiger partial charge on any atom is -0.0360 e. The lowest BCUT2D eigenvalue weighted by Gasteiger charge is -2.22. The molecule has 0 bridgehead atoms. The monoisotopic (exact) mass is 431 g/mol. The molecule has 0 amide bonds. The van der Waals surface area contributed by atoms with E-state index in [4.69, 9.17) is 0 Å². The van der Waals surface area contributed by atoms with Crippen molar-refractivity contribution in [3.8, 4) is 0 Å². The molecule has 0 aliphatic heterocycles. The first kappa shape index (κ1) is 40.4. The van der Waals surface area contributed by atoms with E-state index in [2.05, 4.69) is 138 Å². The Morgan fingerprint density at radius 2 is 0.500 bits per heavy atom. The summed E-state index contributed by atoms with van der Waals surface area (Å²) >= 11 is 0. The van der Waals surface area contributed by atoms with Crippen LogP contribution in [0.15, 0.2) is 0 Å². The summed E-state index contributed by atoms with van der Waals surface area (Å²) in [6.45, 7) is 44.8. The second kappa shape index (κ2) is 22.2. The molecule has 0 aromatic heterocycles. The second-order valence-electron chi connectivity index (χ2n) is 13.1. The predicted molar refractivity (Wildman–Crippen MR) is 149 cm³/mol. The Labute approximate surface area is 197 Å². The molecule has 0 aromatic rings. The first-order chi connectivity index (χ1) is 13.1. The standard InChI is InChI=1S/2C7H16.C6H14.2C5H12/c2*1-6(2)7(3,4)5;1-5(2)6(3)4;2*1-4-5(2)3/h2*6H,1-5H3;5-6H,1-4H3;2*5H,4H2,1-3H3. The molecule has 30 heavy (non-hydrogen) atoms. The lowest BCUT2D eigenvalue weighted by atomic mass is 9.84. The van der Waals surface area contributed by atoms with Crippen LogP contribution in [0, 0.1) is 46.3 Å². The minimum Gasteiger partial charge on any atom is -0.0651 e. The highest BCUT2D eigenvalue weighted by Crippen LogP contribution is 2.24. The van der Waals surface area contributed by atoms with Gasteiger partial charge in [0.25, 0.3) is 0 Å². The third-order valence-corrected chi connectivity index (χ3v) is 6.43. The van der Waals surface area contributed by atoms with Gasteiger partial charge in [0.2, 0.25) is 0 Å². The molecule has 0 saturated heterocycles. The summed E-state index contributed by atoms with van der Waals surface area (Å²) in [4.78, 5) is 0. The highest BCUT2D eigenvalue weighted by Gasteiger charge is 2.14. The van der Waals surface area contributed by atoms with Crippen molar-refractivity contribution in [1.82, 2.24) is 0 Å². The van der Waals surface area contributed by atoms with E-state index in [1.807, 2.05) is 0 Å². The Balaban J connectivity index is -0.0000000875. The van der Waals surface area contributed by atoms with E-state index < -0.39 is 0 Å². The van der Waals surface area contributed by atoms with Crippen LogP contribution in [0.3, 0.4) is 0 Å². The average molecular weight is 431 g/mol. The van der Waals surface area contributed by atoms with Crippen molar-refractivity contribution in [2.75, 3.05) is 0 Å². The van der Waals surface area contributed by atoms with E-state index in [-0.39, 0.29) is 0 Å². The molecular weight excluding hydrogens is 360 g/mol. The summed E-state index contributed by atoms with van der Waals surface area (Å²) < 4.78 is 0. The van der Waals surface area contributed by atoms with Gasteiger partial charge in [0, 0.05) is 0 Å². The third kappa shape index (κ3) is 51.0. The summed E-state index contributed by atoms with van der Waals surface area (Å²) in [6, 6.07) is 0. The minimum absolute atomic E-state index is 0.500. The van der Waals surface area contributed by atoms with Crippen molar-refractivity contribution < 1.29 is 0 Å². The van der Waals surface area contributed by atoms with Crippen LogP contribution in [0.5, 0.6) is 0 Å². The number of hydrogen-bond donors (Lipinski definition) is 0. The number of hydrogen-bond acceptors (Lipinski definition) is 0. The quantitative estimate of drug-likeness (QED) is 0.417. The van der Waals surface area contributed by atoms with E-state index >= 15 is 0 Å². The van der Waals surface area contributed by atoms with Gasteiger partial charge in [-0.05, 0) is 46.3 Å².